The molecule has 0 radical (unpaired) electrons. The molecule has 0 amide bonds. The van der Waals surface area contributed by atoms with Gasteiger partial charge in [-0.1, -0.05) is 0 Å². The maximum absolute atomic E-state index is 11.3. The van der Waals surface area contributed by atoms with E-state index in [-0.39, 0.29) is 16.7 Å². The van der Waals surface area contributed by atoms with Crippen molar-refractivity contribution >= 4 is 11.5 Å². The lowest BCUT2D eigenvalue weighted by Crippen LogP contribution is -2.50. The Kier molecular flexibility index (Phi) is 5.86. The molecule has 8 nitrogen and oxygen atoms in total. The zero-order valence-electron chi connectivity index (χ0n) is 14.0. The molecule has 1 aromatic rings. The first-order valence-electron chi connectivity index (χ1n) is 7.78. The van der Waals surface area contributed by atoms with Gasteiger partial charge in [0.15, 0.2) is 0 Å². The summed E-state index contributed by atoms with van der Waals surface area (Å²) in [6.45, 7) is 5.85. The highest BCUT2D eigenvalue weighted by Gasteiger charge is 2.27. The standard InChI is InChI=1S/C15H25N5O3/c1-12-4-5-16-15(14(12)20(22)23)19-8-6-18(7-9-19)11-13(21)10-17(2)3/h4-5,13,21H,6-11H2,1-3H3. The van der Waals surface area contributed by atoms with Crippen LogP contribution in [0.15, 0.2) is 12.3 Å². The van der Waals surface area contributed by atoms with Gasteiger partial charge < -0.3 is 14.9 Å². The number of aryl methyl sites for hydroxylation is 1. The number of piperazine rings is 1. The first-order valence-corrected chi connectivity index (χ1v) is 7.78. The molecule has 8 heteroatoms. The number of hydrogen-bond donors (Lipinski definition) is 1. The molecule has 0 spiro atoms. The van der Waals surface area contributed by atoms with Crippen molar-refractivity contribution in [3.05, 3.63) is 27.9 Å². The van der Waals surface area contributed by atoms with Crippen LogP contribution >= 0.6 is 0 Å². The summed E-state index contributed by atoms with van der Waals surface area (Å²) >= 11 is 0. The highest BCUT2D eigenvalue weighted by molar-refractivity contribution is 5.61. The predicted molar refractivity (Wildman–Crippen MR) is 88.8 cm³/mol. The number of aliphatic hydroxyl groups excluding tert-OH is 1. The molecule has 0 aliphatic carbocycles. The van der Waals surface area contributed by atoms with E-state index >= 15 is 0 Å². The van der Waals surface area contributed by atoms with Gasteiger partial charge in [0, 0.05) is 51.0 Å². The van der Waals surface area contributed by atoms with E-state index in [4.69, 9.17) is 0 Å². The van der Waals surface area contributed by atoms with Crippen molar-refractivity contribution in [1.82, 2.24) is 14.8 Å². The number of anilines is 1. The Bertz CT molecular complexity index is 544. The molecule has 1 aliphatic heterocycles. The van der Waals surface area contributed by atoms with Crippen LogP contribution in [-0.2, 0) is 0 Å². The second-order valence-electron chi connectivity index (χ2n) is 6.26. The lowest BCUT2D eigenvalue weighted by molar-refractivity contribution is -0.384. The molecule has 2 heterocycles. The molecule has 128 valence electrons. The molecule has 1 N–H and O–H groups in total. The van der Waals surface area contributed by atoms with E-state index in [0.717, 1.165) is 13.1 Å². The van der Waals surface area contributed by atoms with E-state index < -0.39 is 0 Å². The number of β-amino-alcohol motifs (C(OH)–C–C–N with tert-alkyl or cyclic N) is 1. The predicted octanol–water partition coefficient (Wildman–Crippen LogP) is 0.343. The van der Waals surface area contributed by atoms with Gasteiger partial charge in [0.25, 0.3) is 0 Å². The smallest absolute Gasteiger partial charge is 0.314 e. The quantitative estimate of drug-likeness (QED) is 0.597. The minimum absolute atomic E-state index is 0.0913. The normalized spacial score (nSPS) is 17.5. The molecule has 1 unspecified atom stereocenters. The molecule has 0 bridgehead atoms. The van der Waals surface area contributed by atoms with Crippen LogP contribution in [0.3, 0.4) is 0 Å². The van der Waals surface area contributed by atoms with Crippen LogP contribution in [0.2, 0.25) is 0 Å². The van der Waals surface area contributed by atoms with Crippen LogP contribution in [0, 0.1) is 17.0 Å². The van der Waals surface area contributed by atoms with Gasteiger partial charge in [-0.25, -0.2) is 4.98 Å². The van der Waals surface area contributed by atoms with Crippen LogP contribution in [0.1, 0.15) is 5.56 Å². The van der Waals surface area contributed by atoms with Gasteiger partial charge in [-0.3, -0.25) is 15.0 Å². The summed E-state index contributed by atoms with van der Waals surface area (Å²) in [5.41, 5.74) is 0.720. The summed E-state index contributed by atoms with van der Waals surface area (Å²) in [6.07, 6.45) is 1.23. The molecule has 1 saturated heterocycles. The number of aromatic nitrogens is 1. The number of rotatable bonds is 6. The van der Waals surface area contributed by atoms with Crippen molar-refractivity contribution in [3.63, 3.8) is 0 Å². The summed E-state index contributed by atoms with van der Waals surface area (Å²) < 4.78 is 0. The van der Waals surface area contributed by atoms with Crippen molar-refractivity contribution in [2.75, 3.05) is 58.3 Å². The van der Waals surface area contributed by atoms with E-state index in [0.29, 0.717) is 37.6 Å². The fraction of sp³-hybridized carbons (Fsp3) is 0.667. The maximum Gasteiger partial charge on any atom is 0.314 e. The van der Waals surface area contributed by atoms with Crippen molar-refractivity contribution < 1.29 is 10.0 Å². The third kappa shape index (κ3) is 4.60. The largest absolute Gasteiger partial charge is 0.390 e. The van der Waals surface area contributed by atoms with Gasteiger partial charge in [0.2, 0.25) is 5.82 Å². The second-order valence-corrected chi connectivity index (χ2v) is 6.26. The molecular formula is C15H25N5O3. The molecular weight excluding hydrogens is 298 g/mol. The molecule has 1 aliphatic rings. The van der Waals surface area contributed by atoms with E-state index in [1.165, 1.54) is 0 Å². The van der Waals surface area contributed by atoms with Gasteiger partial charge in [-0.05, 0) is 27.1 Å². The van der Waals surface area contributed by atoms with Crippen molar-refractivity contribution in [1.29, 1.82) is 0 Å². The number of aliphatic hydroxyl groups is 1. The van der Waals surface area contributed by atoms with Crippen molar-refractivity contribution in [3.8, 4) is 0 Å². The molecule has 2 rings (SSSR count). The highest BCUT2D eigenvalue weighted by Crippen LogP contribution is 2.29. The van der Waals surface area contributed by atoms with Crippen molar-refractivity contribution in [2.45, 2.75) is 13.0 Å². The van der Waals surface area contributed by atoms with E-state index in [1.54, 1.807) is 19.2 Å². The average molecular weight is 323 g/mol. The highest BCUT2D eigenvalue weighted by atomic mass is 16.6. The molecule has 1 aromatic heterocycles. The number of nitro groups is 1. The van der Waals surface area contributed by atoms with E-state index in [1.807, 2.05) is 23.9 Å². The Morgan fingerprint density at radius 1 is 1.39 bits per heavy atom. The number of pyridine rings is 1. The Labute approximate surface area is 136 Å². The molecule has 23 heavy (non-hydrogen) atoms. The Morgan fingerprint density at radius 2 is 2.04 bits per heavy atom. The lowest BCUT2D eigenvalue weighted by atomic mass is 10.2. The third-order valence-electron chi connectivity index (χ3n) is 4.01. The summed E-state index contributed by atoms with van der Waals surface area (Å²) in [4.78, 5) is 21.3. The van der Waals surface area contributed by atoms with Gasteiger partial charge in [0.05, 0.1) is 11.0 Å². The summed E-state index contributed by atoms with van der Waals surface area (Å²) in [5.74, 6) is 0.448. The van der Waals surface area contributed by atoms with Gasteiger partial charge >= 0.3 is 5.69 Å². The minimum Gasteiger partial charge on any atom is -0.390 e. The molecule has 1 atom stereocenters. The molecule has 0 aromatic carbocycles. The van der Waals surface area contributed by atoms with Gasteiger partial charge in [0.1, 0.15) is 0 Å². The fourth-order valence-electron chi connectivity index (χ4n) is 2.91. The Morgan fingerprint density at radius 3 is 2.61 bits per heavy atom. The van der Waals surface area contributed by atoms with E-state index in [2.05, 4.69) is 9.88 Å². The average Bonchev–Trinajstić information content (AvgIpc) is 2.46. The van der Waals surface area contributed by atoms with Crippen molar-refractivity contribution in [2.24, 2.45) is 0 Å². The van der Waals surface area contributed by atoms with Crippen LogP contribution < -0.4 is 4.90 Å². The lowest BCUT2D eigenvalue weighted by Gasteiger charge is -2.36. The topological polar surface area (TPSA) is 86.0 Å². The summed E-state index contributed by atoms with van der Waals surface area (Å²) in [7, 11) is 3.87. The minimum atomic E-state index is -0.386. The molecule has 1 fully saturated rings. The van der Waals surface area contributed by atoms with Crippen LogP contribution in [0.5, 0.6) is 0 Å². The third-order valence-corrected chi connectivity index (χ3v) is 4.01. The zero-order chi connectivity index (χ0) is 17.0. The van der Waals surface area contributed by atoms with Gasteiger partial charge in [-0.2, -0.15) is 0 Å². The van der Waals surface area contributed by atoms with Crippen LogP contribution in [0.4, 0.5) is 11.5 Å². The van der Waals surface area contributed by atoms with Gasteiger partial charge in [-0.15, -0.1) is 0 Å². The summed E-state index contributed by atoms with van der Waals surface area (Å²) in [6, 6.07) is 1.66. The number of likely N-dealkylation sites (N-methyl/N-ethyl adjacent to an activating group) is 1. The fourth-order valence-corrected chi connectivity index (χ4v) is 2.91. The molecule has 0 saturated carbocycles. The number of nitrogens with zero attached hydrogens (tertiary/aromatic N) is 5. The first kappa shape index (κ1) is 17.6. The van der Waals surface area contributed by atoms with Crippen LogP contribution in [-0.4, -0.2) is 84.3 Å². The monoisotopic (exact) mass is 323 g/mol. The maximum atomic E-state index is 11.3. The first-order chi connectivity index (χ1) is 10.9. The second kappa shape index (κ2) is 7.67. The number of hydrogen-bond acceptors (Lipinski definition) is 7. The Balaban J connectivity index is 1.97. The summed E-state index contributed by atoms with van der Waals surface area (Å²) in [5, 5.41) is 21.3. The van der Waals surface area contributed by atoms with Crippen LogP contribution in [0.25, 0.3) is 0 Å². The zero-order valence-corrected chi connectivity index (χ0v) is 14.0. The van der Waals surface area contributed by atoms with E-state index in [9.17, 15) is 15.2 Å². The SMILES string of the molecule is Cc1ccnc(N2CCN(CC(O)CN(C)C)CC2)c1[N+](=O)[O-]. The Hall–Kier alpha value is -1.77.